The Balaban J connectivity index is 1.82. The minimum Gasteiger partial charge on any atom is -0.0918 e. The van der Waals surface area contributed by atoms with Crippen LogP contribution >= 0.6 is 0 Å². The third kappa shape index (κ3) is 5.67. The maximum absolute atomic E-state index is 4.03. The molecule has 0 saturated carbocycles. The smallest absolute Gasteiger partial charge is 0.0111 e. The molecule has 0 unspecified atom stereocenters. The van der Waals surface area contributed by atoms with E-state index in [9.17, 15) is 0 Å². The average molecular weight is 427 g/mol. The summed E-state index contributed by atoms with van der Waals surface area (Å²) < 4.78 is 0. The van der Waals surface area contributed by atoms with Crippen LogP contribution in [-0.4, -0.2) is 0 Å². The number of hydrogen-bond acceptors (Lipinski definition) is 0. The van der Waals surface area contributed by atoms with E-state index in [2.05, 4.69) is 143 Å². The van der Waals surface area contributed by atoms with Crippen LogP contribution in [0.2, 0.25) is 0 Å². The highest BCUT2D eigenvalue weighted by atomic mass is 14.1. The molecule has 0 aliphatic rings. The summed E-state index contributed by atoms with van der Waals surface area (Å²) in [5.41, 5.74) is 9.83. The number of allylic oxidation sites excluding steroid dienone is 3. The van der Waals surface area contributed by atoms with Gasteiger partial charge in [-0.2, -0.15) is 0 Å². The van der Waals surface area contributed by atoms with Crippen LogP contribution in [0.1, 0.15) is 33.4 Å². The van der Waals surface area contributed by atoms with E-state index >= 15 is 0 Å². The van der Waals surface area contributed by atoms with Crippen LogP contribution in [0.15, 0.2) is 115 Å². The Morgan fingerprint density at radius 1 is 0.545 bits per heavy atom. The maximum Gasteiger partial charge on any atom is -0.0111 e. The number of hydrogen-bond donors (Lipinski definition) is 0. The Bertz CT molecular complexity index is 1320. The molecule has 0 N–H and O–H groups in total. The van der Waals surface area contributed by atoms with E-state index in [-0.39, 0.29) is 0 Å². The minimum atomic E-state index is 1.02. The molecule has 0 aliphatic carbocycles. The van der Waals surface area contributed by atoms with Gasteiger partial charge in [-0.3, -0.25) is 0 Å². The summed E-state index contributed by atoms with van der Waals surface area (Å²) in [6.45, 7) is 10.4. The van der Waals surface area contributed by atoms with Crippen molar-refractivity contribution in [1.82, 2.24) is 0 Å². The summed E-state index contributed by atoms with van der Waals surface area (Å²) >= 11 is 0. The molecule has 0 bridgehead atoms. The summed E-state index contributed by atoms with van der Waals surface area (Å²) in [4.78, 5) is 0. The lowest BCUT2D eigenvalue weighted by molar-refractivity contribution is 1.42. The van der Waals surface area contributed by atoms with Gasteiger partial charge in [0, 0.05) is 0 Å². The summed E-state index contributed by atoms with van der Waals surface area (Å²) in [5.74, 6) is 0. The van der Waals surface area contributed by atoms with Crippen LogP contribution in [0.3, 0.4) is 0 Å². The second kappa shape index (κ2) is 10.1. The van der Waals surface area contributed by atoms with Gasteiger partial charge in [0.2, 0.25) is 0 Å². The van der Waals surface area contributed by atoms with Gasteiger partial charge in [-0.25, -0.2) is 0 Å². The molecule has 4 aromatic rings. The van der Waals surface area contributed by atoms with E-state index in [1.54, 1.807) is 0 Å². The Kier molecular flexibility index (Phi) is 6.86. The fourth-order valence-electron chi connectivity index (χ4n) is 3.84. The molecule has 0 heteroatoms. The molecule has 0 heterocycles. The number of benzene rings is 4. The van der Waals surface area contributed by atoms with Gasteiger partial charge < -0.3 is 0 Å². The van der Waals surface area contributed by atoms with Crippen molar-refractivity contribution in [3.8, 4) is 0 Å². The highest BCUT2D eigenvalue weighted by molar-refractivity contribution is 5.82. The molecule has 0 saturated heterocycles. The van der Waals surface area contributed by atoms with Gasteiger partial charge in [0.15, 0.2) is 0 Å². The van der Waals surface area contributed by atoms with Crippen molar-refractivity contribution in [2.45, 2.75) is 20.8 Å². The summed E-state index contributed by atoms with van der Waals surface area (Å²) in [7, 11) is 0. The largest absolute Gasteiger partial charge is 0.0918 e. The number of aryl methyl sites for hydroxylation is 3. The van der Waals surface area contributed by atoms with Gasteiger partial charge in [-0.05, 0) is 59.0 Å². The van der Waals surface area contributed by atoms with Gasteiger partial charge in [0.25, 0.3) is 0 Å². The summed E-state index contributed by atoms with van der Waals surface area (Å²) in [6, 6.07) is 34.6. The van der Waals surface area contributed by atoms with Crippen LogP contribution in [0.4, 0.5) is 0 Å². The van der Waals surface area contributed by atoms with Crippen LogP contribution in [0, 0.1) is 20.8 Å². The molecular weight excluding hydrogens is 396 g/mol. The van der Waals surface area contributed by atoms with Crippen molar-refractivity contribution in [1.29, 1.82) is 0 Å². The van der Waals surface area contributed by atoms with Crippen molar-refractivity contribution in [2.75, 3.05) is 0 Å². The zero-order valence-electron chi connectivity index (χ0n) is 19.7. The molecule has 0 aromatic heterocycles. The second-order valence-electron chi connectivity index (χ2n) is 8.65. The Hall–Kier alpha value is -3.90. The topological polar surface area (TPSA) is 0 Å². The van der Waals surface area contributed by atoms with Crippen LogP contribution in [-0.2, 0) is 0 Å². The maximum atomic E-state index is 4.03. The summed E-state index contributed by atoms with van der Waals surface area (Å²) in [6.07, 6.45) is 6.60. The third-order valence-electron chi connectivity index (χ3n) is 5.88. The first-order valence-electron chi connectivity index (χ1n) is 11.4. The molecule has 33 heavy (non-hydrogen) atoms. The second-order valence-corrected chi connectivity index (χ2v) is 8.65. The summed E-state index contributed by atoms with van der Waals surface area (Å²) in [5, 5.41) is 2.20. The quantitative estimate of drug-likeness (QED) is 0.304. The molecule has 0 fully saturated rings. The molecule has 0 spiro atoms. The zero-order valence-corrected chi connectivity index (χ0v) is 19.7. The molecule has 162 valence electrons. The van der Waals surface area contributed by atoms with Gasteiger partial charge >= 0.3 is 0 Å². The lowest BCUT2D eigenvalue weighted by atomic mass is 9.95. The van der Waals surface area contributed by atoms with E-state index in [0.29, 0.717) is 0 Å². The van der Waals surface area contributed by atoms with E-state index in [1.165, 1.54) is 49.7 Å². The molecular formula is C33H30. The predicted molar refractivity (Wildman–Crippen MR) is 143 cm³/mol. The first-order valence-corrected chi connectivity index (χ1v) is 11.4. The molecule has 4 aromatic carbocycles. The molecule has 0 amide bonds. The van der Waals surface area contributed by atoms with Crippen LogP contribution in [0.5, 0.6) is 0 Å². The Morgan fingerprint density at radius 3 is 1.42 bits per heavy atom. The van der Waals surface area contributed by atoms with Gasteiger partial charge in [0.1, 0.15) is 0 Å². The first kappa shape index (κ1) is 22.3. The fourth-order valence-corrected chi connectivity index (χ4v) is 3.84. The van der Waals surface area contributed by atoms with Gasteiger partial charge in [-0.15, -0.1) is 0 Å². The van der Waals surface area contributed by atoms with Gasteiger partial charge in [-0.1, -0.05) is 139 Å². The van der Waals surface area contributed by atoms with E-state index in [0.717, 1.165) is 5.22 Å². The van der Waals surface area contributed by atoms with E-state index in [1.807, 2.05) is 0 Å². The van der Waals surface area contributed by atoms with E-state index in [4.69, 9.17) is 0 Å². The zero-order chi connectivity index (χ0) is 23.2. The van der Waals surface area contributed by atoms with Crippen molar-refractivity contribution in [3.63, 3.8) is 0 Å². The van der Waals surface area contributed by atoms with Crippen LogP contribution < -0.4 is 10.4 Å². The first-order chi connectivity index (χ1) is 16.0. The Morgan fingerprint density at radius 2 is 0.970 bits per heavy atom. The molecule has 0 radical (unpaired) electrons. The SMILES string of the molecule is C=c1ccc(=C(C=CC=C(c2ccc(C)cc2)c2ccc(C)cc2)c2ccc(C)cc2)cc1. The lowest BCUT2D eigenvalue weighted by Gasteiger charge is -2.09. The number of rotatable bonds is 5. The Labute approximate surface area is 197 Å². The average Bonchev–Trinajstić information content (AvgIpc) is 2.82. The molecule has 4 rings (SSSR count). The predicted octanol–water partition coefficient (Wildman–Crippen LogP) is 6.91. The van der Waals surface area contributed by atoms with Crippen molar-refractivity contribution < 1.29 is 0 Å². The third-order valence-corrected chi connectivity index (χ3v) is 5.88. The monoisotopic (exact) mass is 426 g/mol. The minimum absolute atomic E-state index is 1.02. The van der Waals surface area contributed by atoms with Crippen molar-refractivity contribution in [3.05, 3.63) is 159 Å². The van der Waals surface area contributed by atoms with Crippen LogP contribution in [0.25, 0.3) is 17.7 Å². The highest BCUT2D eigenvalue weighted by Crippen LogP contribution is 2.25. The van der Waals surface area contributed by atoms with Crippen molar-refractivity contribution in [2.24, 2.45) is 0 Å². The van der Waals surface area contributed by atoms with Gasteiger partial charge in [0.05, 0.1) is 0 Å². The normalized spacial score (nSPS) is 10.9. The van der Waals surface area contributed by atoms with Crippen molar-refractivity contribution >= 4 is 17.7 Å². The molecule has 0 nitrogen and oxygen atoms in total. The molecule has 0 atom stereocenters. The molecule has 0 aliphatic heterocycles. The highest BCUT2D eigenvalue weighted by Gasteiger charge is 2.05. The van der Waals surface area contributed by atoms with E-state index < -0.39 is 0 Å². The lowest BCUT2D eigenvalue weighted by Crippen LogP contribution is -2.09. The standard InChI is InChI=1S/C33H30/c1-24-8-16-28(17-9-24)32(29-18-10-25(2)11-19-29)6-5-7-33(30-20-12-26(3)13-21-30)31-22-14-27(4)15-23-31/h5-23H,1H2,2-4H3. The fraction of sp³-hybridized carbons (Fsp3) is 0.0909.